The third-order valence-corrected chi connectivity index (χ3v) is 4.33. The van der Waals surface area contributed by atoms with Crippen molar-refractivity contribution in [3.05, 3.63) is 47.1 Å². The molecule has 1 fully saturated rings. The Labute approximate surface area is 126 Å². The second-order valence-electron chi connectivity index (χ2n) is 5.76. The molecule has 7 nitrogen and oxygen atoms in total. The second-order valence-corrected chi connectivity index (χ2v) is 5.76. The van der Waals surface area contributed by atoms with E-state index < -0.39 is 5.54 Å². The number of nitrogens with two attached hydrogens (primary N) is 1. The first-order valence-electron chi connectivity index (χ1n) is 7.16. The molecule has 2 amide bonds. The fourth-order valence-corrected chi connectivity index (χ4v) is 2.82. The monoisotopic (exact) mass is 298 g/mol. The zero-order valence-electron chi connectivity index (χ0n) is 11.8. The van der Waals surface area contributed by atoms with Gasteiger partial charge in [0, 0.05) is 0 Å². The highest BCUT2D eigenvalue weighted by Crippen LogP contribution is 2.37. The molecule has 112 valence electrons. The quantitative estimate of drug-likeness (QED) is 0.854. The van der Waals surface area contributed by atoms with Crippen LogP contribution in [0.25, 0.3) is 0 Å². The van der Waals surface area contributed by atoms with E-state index in [1.165, 1.54) is 0 Å². The van der Waals surface area contributed by atoms with Crippen molar-refractivity contribution in [2.75, 3.05) is 0 Å². The van der Waals surface area contributed by atoms with Crippen LogP contribution in [0.5, 0.6) is 0 Å². The summed E-state index contributed by atoms with van der Waals surface area (Å²) in [4.78, 5) is 29.9. The van der Waals surface area contributed by atoms with Gasteiger partial charge in [-0.25, -0.2) is 0 Å². The van der Waals surface area contributed by atoms with Gasteiger partial charge in [0.05, 0.1) is 16.7 Å². The lowest BCUT2D eigenvalue weighted by atomic mass is 9.77. The minimum Gasteiger partial charge on any atom is -0.337 e. The molecule has 7 heteroatoms. The van der Waals surface area contributed by atoms with Crippen molar-refractivity contribution in [1.29, 1.82) is 0 Å². The summed E-state index contributed by atoms with van der Waals surface area (Å²) in [5, 5.41) is 3.89. The third-order valence-electron chi connectivity index (χ3n) is 4.33. The summed E-state index contributed by atoms with van der Waals surface area (Å²) < 4.78 is 5.16. The standard InChI is InChI=1S/C15H14N4O3/c16-15(6-3-7-15)14-17-11(22-18-14)8-19-12(20)9-4-1-2-5-10(9)13(19)21/h1-2,4-5H,3,6-8,16H2. The Bertz CT molecular complexity index is 744. The summed E-state index contributed by atoms with van der Waals surface area (Å²) in [6, 6.07) is 6.73. The number of aromatic nitrogens is 2. The van der Waals surface area contributed by atoms with Crippen LogP contribution in [0.4, 0.5) is 0 Å². The fraction of sp³-hybridized carbons (Fsp3) is 0.333. The van der Waals surface area contributed by atoms with Crippen molar-refractivity contribution in [2.24, 2.45) is 5.73 Å². The van der Waals surface area contributed by atoms with Crippen molar-refractivity contribution >= 4 is 11.8 Å². The normalized spacial score (nSPS) is 19.2. The van der Waals surface area contributed by atoms with Gasteiger partial charge in [-0.1, -0.05) is 17.3 Å². The predicted molar refractivity (Wildman–Crippen MR) is 74.7 cm³/mol. The lowest BCUT2D eigenvalue weighted by Crippen LogP contribution is -2.44. The van der Waals surface area contributed by atoms with Crippen LogP contribution in [-0.4, -0.2) is 26.9 Å². The number of amides is 2. The number of hydrogen-bond donors (Lipinski definition) is 1. The zero-order valence-corrected chi connectivity index (χ0v) is 11.8. The van der Waals surface area contributed by atoms with Crippen LogP contribution in [0.1, 0.15) is 51.7 Å². The largest absolute Gasteiger partial charge is 0.337 e. The van der Waals surface area contributed by atoms with Gasteiger partial charge < -0.3 is 10.3 Å². The minimum atomic E-state index is -0.524. The van der Waals surface area contributed by atoms with E-state index in [9.17, 15) is 9.59 Å². The van der Waals surface area contributed by atoms with Crippen LogP contribution in [0.2, 0.25) is 0 Å². The first-order chi connectivity index (χ1) is 10.6. The highest BCUT2D eigenvalue weighted by atomic mass is 16.5. The highest BCUT2D eigenvalue weighted by Gasteiger charge is 2.40. The summed E-state index contributed by atoms with van der Waals surface area (Å²) in [6.07, 6.45) is 2.68. The van der Waals surface area contributed by atoms with Gasteiger partial charge in [-0.15, -0.1) is 0 Å². The predicted octanol–water partition coefficient (Wildman–Crippen LogP) is 1.20. The van der Waals surface area contributed by atoms with Gasteiger partial charge in [-0.05, 0) is 31.4 Å². The van der Waals surface area contributed by atoms with E-state index in [0.29, 0.717) is 17.0 Å². The number of nitrogens with zero attached hydrogens (tertiary/aromatic N) is 3. The third kappa shape index (κ3) is 1.79. The number of carbonyl (C=O) groups is 2. The lowest BCUT2D eigenvalue weighted by Gasteiger charge is -2.34. The Morgan fingerprint density at radius 2 is 1.82 bits per heavy atom. The summed E-state index contributed by atoms with van der Waals surface area (Å²) in [6.45, 7) is -0.0323. The molecule has 1 aromatic heterocycles. The van der Waals surface area contributed by atoms with Gasteiger partial charge in [-0.3, -0.25) is 14.5 Å². The molecule has 1 aromatic carbocycles. The van der Waals surface area contributed by atoms with Crippen molar-refractivity contribution < 1.29 is 14.1 Å². The van der Waals surface area contributed by atoms with Crippen LogP contribution in [0.15, 0.2) is 28.8 Å². The molecule has 0 spiro atoms. The SMILES string of the molecule is NC1(c2noc(CN3C(=O)c4ccccc4C3=O)n2)CCC1. The number of rotatable bonds is 3. The average molecular weight is 298 g/mol. The smallest absolute Gasteiger partial charge is 0.262 e. The van der Waals surface area contributed by atoms with Crippen LogP contribution in [-0.2, 0) is 12.1 Å². The summed E-state index contributed by atoms with van der Waals surface area (Å²) in [5.74, 6) is -0.00972. The maximum absolute atomic E-state index is 12.3. The Hall–Kier alpha value is -2.54. The molecule has 0 radical (unpaired) electrons. The van der Waals surface area contributed by atoms with Gasteiger partial charge in [0.1, 0.15) is 6.54 Å². The first kappa shape index (κ1) is 13.1. The number of carbonyl (C=O) groups excluding carboxylic acids is 2. The van der Waals surface area contributed by atoms with Crippen molar-refractivity contribution in [1.82, 2.24) is 15.0 Å². The molecular weight excluding hydrogens is 284 g/mol. The van der Waals surface area contributed by atoms with Crippen LogP contribution in [0, 0.1) is 0 Å². The van der Waals surface area contributed by atoms with E-state index in [-0.39, 0.29) is 24.2 Å². The molecule has 0 unspecified atom stereocenters. The molecule has 1 saturated carbocycles. The van der Waals surface area contributed by atoms with Gasteiger partial charge in [0.2, 0.25) is 5.89 Å². The van der Waals surface area contributed by atoms with Crippen molar-refractivity contribution in [3.63, 3.8) is 0 Å². The molecule has 2 N–H and O–H groups in total. The minimum absolute atomic E-state index is 0.0323. The molecule has 4 rings (SSSR count). The van der Waals surface area contributed by atoms with E-state index in [4.69, 9.17) is 10.3 Å². The van der Waals surface area contributed by atoms with E-state index in [0.717, 1.165) is 24.2 Å². The summed E-state index contributed by atoms with van der Waals surface area (Å²) in [7, 11) is 0. The summed E-state index contributed by atoms with van der Waals surface area (Å²) >= 11 is 0. The molecular formula is C15H14N4O3. The van der Waals surface area contributed by atoms with Gasteiger partial charge >= 0.3 is 0 Å². The number of hydrogen-bond acceptors (Lipinski definition) is 6. The van der Waals surface area contributed by atoms with Crippen LogP contribution < -0.4 is 5.73 Å². The van der Waals surface area contributed by atoms with E-state index in [2.05, 4.69) is 10.1 Å². The Morgan fingerprint density at radius 1 is 1.18 bits per heavy atom. The second kappa shape index (κ2) is 4.48. The molecule has 1 aliphatic carbocycles. The molecule has 2 aromatic rings. The molecule has 2 aliphatic rings. The number of fused-ring (bicyclic) bond motifs is 1. The molecule has 0 saturated heterocycles. The molecule has 0 atom stereocenters. The highest BCUT2D eigenvalue weighted by molar-refractivity contribution is 6.21. The first-order valence-corrected chi connectivity index (χ1v) is 7.16. The summed E-state index contributed by atoms with van der Waals surface area (Å²) in [5.41, 5.74) is 6.42. The van der Waals surface area contributed by atoms with E-state index in [1.54, 1.807) is 24.3 Å². The van der Waals surface area contributed by atoms with Crippen LogP contribution in [0.3, 0.4) is 0 Å². The van der Waals surface area contributed by atoms with Crippen molar-refractivity contribution in [3.8, 4) is 0 Å². The van der Waals surface area contributed by atoms with Crippen LogP contribution >= 0.6 is 0 Å². The average Bonchev–Trinajstić information content (AvgIpc) is 3.05. The molecule has 22 heavy (non-hydrogen) atoms. The Kier molecular flexibility index (Phi) is 2.67. The maximum atomic E-state index is 12.3. The zero-order chi connectivity index (χ0) is 15.3. The topological polar surface area (TPSA) is 102 Å². The van der Waals surface area contributed by atoms with Gasteiger partial charge in [0.25, 0.3) is 11.8 Å². The van der Waals surface area contributed by atoms with E-state index in [1.807, 2.05) is 0 Å². The number of benzene rings is 1. The van der Waals surface area contributed by atoms with Gasteiger partial charge in [-0.2, -0.15) is 4.98 Å². The maximum Gasteiger partial charge on any atom is 0.262 e. The molecule has 0 bridgehead atoms. The Balaban J connectivity index is 1.58. The van der Waals surface area contributed by atoms with E-state index >= 15 is 0 Å². The Morgan fingerprint density at radius 3 is 2.36 bits per heavy atom. The van der Waals surface area contributed by atoms with Crippen molar-refractivity contribution in [2.45, 2.75) is 31.3 Å². The molecule has 1 aliphatic heterocycles. The van der Waals surface area contributed by atoms with Gasteiger partial charge in [0.15, 0.2) is 5.82 Å². The lowest BCUT2D eigenvalue weighted by molar-refractivity contribution is 0.0625. The molecule has 2 heterocycles. The fourth-order valence-electron chi connectivity index (χ4n) is 2.82. The number of imide groups is 1.